The number of carbonyl (C=O) groups excluding carboxylic acids is 1. The first kappa shape index (κ1) is 33.1. The molecule has 1 aromatic heterocycles. The van der Waals surface area contributed by atoms with Crippen LogP contribution in [0.5, 0.6) is 17.2 Å². The van der Waals surface area contributed by atoms with E-state index >= 15 is 0 Å². The van der Waals surface area contributed by atoms with Gasteiger partial charge in [-0.1, -0.05) is 47.7 Å². The number of nitro benzene ring substituents is 1. The van der Waals surface area contributed by atoms with Crippen molar-refractivity contribution >= 4 is 29.1 Å². The summed E-state index contributed by atoms with van der Waals surface area (Å²) >= 11 is 1.21. The molecule has 1 aliphatic heterocycles. The van der Waals surface area contributed by atoms with Gasteiger partial charge in [0.1, 0.15) is 18.4 Å². The molecule has 5 rings (SSSR count). The number of hydrogen-bond acceptors (Lipinski definition) is 10. The van der Waals surface area contributed by atoms with Crippen LogP contribution in [0.15, 0.2) is 87.8 Å². The van der Waals surface area contributed by atoms with E-state index in [4.69, 9.17) is 18.9 Å². The molecule has 0 aliphatic carbocycles. The Kier molecular flexibility index (Phi) is 10.2. The molecular formula is C35H35N3O8S. The average Bonchev–Trinajstić information content (AvgIpc) is 3.34. The number of nitro groups is 1. The number of rotatable bonds is 12. The minimum absolute atomic E-state index is 0.0179. The lowest BCUT2D eigenvalue weighted by Crippen LogP contribution is -2.40. The quantitative estimate of drug-likeness (QED) is 0.111. The molecule has 0 fully saturated rings. The van der Waals surface area contributed by atoms with Gasteiger partial charge in [0.15, 0.2) is 16.3 Å². The Balaban J connectivity index is 1.56. The van der Waals surface area contributed by atoms with Crippen molar-refractivity contribution in [1.82, 2.24) is 4.57 Å². The zero-order chi connectivity index (χ0) is 33.7. The van der Waals surface area contributed by atoms with Crippen LogP contribution in [0.2, 0.25) is 0 Å². The van der Waals surface area contributed by atoms with Crippen molar-refractivity contribution in [2.75, 3.05) is 13.2 Å². The van der Waals surface area contributed by atoms with Crippen LogP contribution in [-0.2, 0) is 16.1 Å². The van der Waals surface area contributed by atoms with Crippen LogP contribution in [0.1, 0.15) is 57.4 Å². The topological polar surface area (TPSA) is 131 Å². The average molecular weight is 658 g/mol. The molecule has 244 valence electrons. The van der Waals surface area contributed by atoms with Crippen LogP contribution in [0, 0.1) is 10.1 Å². The summed E-state index contributed by atoms with van der Waals surface area (Å²) in [6, 6.07) is 18.1. The molecule has 0 radical (unpaired) electrons. The maximum atomic E-state index is 14.1. The van der Waals surface area contributed by atoms with Gasteiger partial charge >= 0.3 is 5.97 Å². The first-order valence-corrected chi connectivity index (χ1v) is 16.0. The highest BCUT2D eigenvalue weighted by molar-refractivity contribution is 7.07. The van der Waals surface area contributed by atoms with Crippen molar-refractivity contribution in [2.24, 2.45) is 4.99 Å². The van der Waals surface area contributed by atoms with E-state index in [-0.39, 0.29) is 36.1 Å². The van der Waals surface area contributed by atoms with E-state index in [2.05, 4.69) is 4.99 Å². The lowest BCUT2D eigenvalue weighted by molar-refractivity contribution is -0.384. The summed E-state index contributed by atoms with van der Waals surface area (Å²) in [4.78, 5) is 43.3. The Morgan fingerprint density at radius 2 is 1.81 bits per heavy atom. The summed E-state index contributed by atoms with van der Waals surface area (Å²) in [7, 11) is 0. The fourth-order valence-electron chi connectivity index (χ4n) is 5.23. The van der Waals surface area contributed by atoms with Crippen LogP contribution in [0.3, 0.4) is 0 Å². The standard InChI is InChI=1S/C35H35N3O8S/c1-6-43-29-18-23(15-16-28(29)45-20-24-11-10-12-25(17-24)38(41)42)19-30-33(39)37-32(26-13-8-9-14-27(26)46-21(3)4)31(34(40)44-7-2)22(5)36-35(37)47-30/h8-19,21,32H,6-7,20H2,1-5H3/b30-19+/t32-/m0/s1. The molecule has 0 spiro atoms. The van der Waals surface area contributed by atoms with Gasteiger partial charge in [0.2, 0.25) is 0 Å². The van der Waals surface area contributed by atoms with Crippen LogP contribution in [0.4, 0.5) is 5.69 Å². The van der Waals surface area contributed by atoms with Crippen molar-refractivity contribution in [1.29, 1.82) is 0 Å². The van der Waals surface area contributed by atoms with Crippen molar-refractivity contribution in [3.8, 4) is 17.2 Å². The fraction of sp³-hybridized carbons (Fsp3) is 0.286. The highest BCUT2D eigenvalue weighted by Gasteiger charge is 2.35. The number of esters is 1. The predicted molar refractivity (Wildman–Crippen MR) is 178 cm³/mol. The second kappa shape index (κ2) is 14.5. The van der Waals surface area contributed by atoms with Crippen molar-refractivity contribution < 1.29 is 28.7 Å². The monoisotopic (exact) mass is 657 g/mol. The summed E-state index contributed by atoms with van der Waals surface area (Å²) in [6.45, 7) is 9.78. The number of benzene rings is 3. The van der Waals surface area contributed by atoms with Crippen LogP contribution < -0.4 is 29.1 Å². The number of hydrogen-bond donors (Lipinski definition) is 0. The first-order valence-electron chi connectivity index (χ1n) is 15.2. The number of carbonyl (C=O) groups is 1. The van der Waals surface area contributed by atoms with Gasteiger partial charge in [0.05, 0.1) is 40.0 Å². The van der Waals surface area contributed by atoms with E-state index < -0.39 is 16.9 Å². The Bertz CT molecular complexity index is 2030. The minimum atomic E-state index is -0.814. The molecule has 0 amide bonds. The highest BCUT2D eigenvalue weighted by Crippen LogP contribution is 2.36. The molecule has 4 aromatic rings. The summed E-state index contributed by atoms with van der Waals surface area (Å²) in [5.74, 6) is 0.918. The molecule has 11 nitrogen and oxygen atoms in total. The van der Waals surface area contributed by atoms with Gasteiger partial charge < -0.3 is 18.9 Å². The van der Waals surface area contributed by atoms with Crippen LogP contribution in [-0.4, -0.2) is 34.8 Å². The second-order valence-corrected chi connectivity index (χ2v) is 11.9. The zero-order valence-corrected chi connectivity index (χ0v) is 27.5. The molecule has 12 heteroatoms. The van der Waals surface area contributed by atoms with Gasteiger partial charge in [-0.2, -0.15) is 0 Å². The summed E-state index contributed by atoms with van der Waals surface area (Å²) in [5.41, 5.74) is 2.36. The van der Waals surface area contributed by atoms with Gasteiger partial charge in [0.25, 0.3) is 11.2 Å². The molecule has 0 unspecified atom stereocenters. The normalized spacial score (nSPS) is 14.4. The molecule has 2 heterocycles. The van der Waals surface area contributed by atoms with Gasteiger partial charge in [-0.15, -0.1) is 0 Å². The number of fused-ring (bicyclic) bond motifs is 1. The Morgan fingerprint density at radius 3 is 2.53 bits per heavy atom. The number of para-hydroxylation sites is 1. The SMILES string of the molecule is CCOC(=O)C1=C(C)N=c2s/c(=C/c3ccc(OCc4cccc([N+](=O)[O-])c4)c(OCC)c3)c(=O)n2[C@H]1c1ccccc1OC(C)C. The van der Waals surface area contributed by atoms with Gasteiger partial charge in [-0.05, 0) is 70.0 Å². The Morgan fingerprint density at radius 1 is 1.02 bits per heavy atom. The predicted octanol–water partition coefficient (Wildman–Crippen LogP) is 5.47. The van der Waals surface area contributed by atoms with E-state index in [1.165, 1.54) is 28.0 Å². The smallest absolute Gasteiger partial charge is 0.338 e. The largest absolute Gasteiger partial charge is 0.491 e. The number of ether oxygens (including phenoxy) is 4. The number of allylic oxidation sites excluding steroid dienone is 1. The molecule has 1 atom stereocenters. The third-order valence-electron chi connectivity index (χ3n) is 7.17. The molecule has 1 aliphatic rings. The third kappa shape index (κ3) is 7.28. The van der Waals surface area contributed by atoms with Crippen molar-refractivity contribution in [2.45, 2.75) is 53.4 Å². The maximum Gasteiger partial charge on any atom is 0.338 e. The summed E-state index contributed by atoms with van der Waals surface area (Å²) < 4.78 is 25.3. The third-order valence-corrected chi connectivity index (χ3v) is 8.16. The van der Waals surface area contributed by atoms with E-state index in [9.17, 15) is 19.7 Å². The number of thiazole rings is 1. The highest BCUT2D eigenvalue weighted by atomic mass is 32.1. The van der Waals surface area contributed by atoms with Gasteiger partial charge in [0, 0.05) is 17.7 Å². The van der Waals surface area contributed by atoms with E-state index in [1.807, 2.05) is 45.0 Å². The molecular weight excluding hydrogens is 622 g/mol. The Hall–Kier alpha value is -5.23. The fourth-order valence-corrected chi connectivity index (χ4v) is 6.27. The zero-order valence-electron chi connectivity index (χ0n) is 26.7. The van der Waals surface area contributed by atoms with Crippen molar-refractivity contribution in [3.63, 3.8) is 0 Å². The molecule has 3 aromatic carbocycles. The molecule has 47 heavy (non-hydrogen) atoms. The number of non-ortho nitro benzene ring substituents is 1. The number of aromatic nitrogens is 1. The first-order chi connectivity index (χ1) is 22.6. The van der Waals surface area contributed by atoms with Crippen LogP contribution >= 0.6 is 11.3 Å². The van der Waals surface area contributed by atoms with Crippen LogP contribution in [0.25, 0.3) is 6.08 Å². The lowest BCUT2D eigenvalue weighted by Gasteiger charge is -2.26. The van der Waals surface area contributed by atoms with Gasteiger partial charge in [-0.25, -0.2) is 9.79 Å². The number of nitrogens with zero attached hydrogens (tertiary/aromatic N) is 3. The maximum absolute atomic E-state index is 14.1. The summed E-state index contributed by atoms with van der Waals surface area (Å²) in [6.07, 6.45) is 1.61. The molecule has 0 bridgehead atoms. The molecule has 0 saturated carbocycles. The van der Waals surface area contributed by atoms with E-state index in [0.29, 0.717) is 55.6 Å². The molecule has 0 N–H and O–H groups in total. The van der Waals surface area contributed by atoms with E-state index in [1.54, 1.807) is 50.3 Å². The van der Waals surface area contributed by atoms with Gasteiger partial charge in [-0.3, -0.25) is 19.5 Å². The second-order valence-electron chi connectivity index (χ2n) is 10.9. The summed E-state index contributed by atoms with van der Waals surface area (Å²) in [5, 5.41) is 11.2. The van der Waals surface area contributed by atoms with Crippen molar-refractivity contribution in [3.05, 3.63) is 124 Å². The molecule has 0 saturated heterocycles. The minimum Gasteiger partial charge on any atom is -0.491 e. The Labute approximate surface area is 275 Å². The lowest BCUT2D eigenvalue weighted by atomic mass is 9.95. The van der Waals surface area contributed by atoms with E-state index in [0.717, 1.165) is 0 Å².